The van der Waals surface area contributed by atoms with Crippen molar-refractivity contribution in [3.63, 3.8) is 0 Å². The summed E-state index contributed by atoms with van der Waals surface area (Å²) in [6.45, 7) is 7.92. The maximum atomic E-state index is 11.8. The molecular formula is C28H36N4O4S. The quantitative estimate of drug-likeness (QED) is 0.343. The maximum absolute atomic E-state index is 11.8. The number of amides is 1. The first-order valence-corrected chi connectivity index (χ1v) is 13.3. The predicted molar refractivity (Wildman–Crippen MR) is 149 cm³/mol. The predicted octanol–water partition coefficient (Wildman–Crippen LogP) is 5.66. The number of ether oxygens (including phenoxy) is 1. The van der Waals surface area contributed by atoms with Crippen LogP contribution in [0.2, 0.25) is 0 Å². The zero-order chi connectivity index (χ0) is 26.7. The normalized spacial score (nSPS) is 13.8. The first-order valence-electron chi connectivity index (χ1n) is 12.4. The monoisotopic (exact) mass is 524 g/mol. The summed E-state index contributed by atoms with van der Waals surface area (Å²) in [6, 6.07) is 19.3. The molecule has 1 aromatic heterocycles. The number of benzene rings is 2. The second kappa shape index (κ2) is 13.6. The molecule has 1 saturated heterocycles. The van der Waals surface area contributed by atoms with Crippen molar-refractivity contribution in [2.24, 2.45) is 0 Å². The number of nitrogens with one attached hydrogen (secondary N) is 2. The van der Waals surface area contributed by atoms with E-state index >= 15 is 0 Å². The molecule has 0 atom stereocenters. The molecule has 0 spiro atoms. The van der Waals surface area contributed by atoms with Crippen LogP contribution in [0.4, 0.5) is 15.6 Å². The zero-order valence-corrected chi connectivity index (χ0v) is 22.5. The summed E-state index contributed by atoms with van der Waals surface area (Å²) in [5, 5.41) is 16.6. The van der Waals surface area contributed by atoms with Gasteiger partial charge in [-0.05, 0) is 57.7 Å². The molecule has 3 N–H and O–H groups in total. The lowest BCUT2D eigenvalue weighted by Crippen LogP contribution is -2.39. The van der Waals surface area contributed by atoms with Crippen LogP contribution in [0, 0.1) is 0 Å². The summed E-state index contributed by atoms with van der Waals surface area (Å²) < 4.78 is 5.27. The zero-order valence-electron chi connectivity index (χ0n) is 21.6. The molecule has 0 radical (unpaired) electrons. The molecule has 1 amide bonds. The first-order chi connectivity index (χ1) is 17.8. The number of carbonyl (C=O) groups excluding carboxylic acids is 1. The van der Waals surface area contributed by atoms with E-state index in [-0.39, 0.29) is 12.6 Å². The van der Waals surface area contributed by atoms with Gasteiger partial charge in [0.05, 0.1) is 5.69 Å². The van der Waals surface area contributed by atoms with Crippen LogP contribution in [0.25, 0.3) is 11.3 Å². The minimum absolute atomic E-state index is 0.250. The smallest absolute Gasteiger partial charge is 0.407 e. The lowest BCUT2D eigenvalue weighted by Gasteiger charge is -2.32. The van der Waals surface area contributed by atoms with Gasteiger partial charge in [0, 0.05) is 42.3 Å². The number of carboxylic acid groups (broad SMARTS) is 1. The minimum atomic E-state index is -0.473. The Bertz CT molecular complexity index is 1110. The third-order valence-electron chi connectivity index (χ3n) is 5.73. The van der Waals surface area contributed by atoms with Crippen LogP contribution in [0.5, 0.6) is 0 Å². The van der Waals surface area contributed by atoms with Crippen LogP contribution in [0.15, 0.2) is 60.0 Å². The van der Waals surface area contributed by atoms with E-state index in [0.29, 0.717) is 12.6 Å². The Balaban J connectivity index is 0.00000121. The molecule has 8 nitrogen and oxygen atoms in total. The molecule has 0 bridgehead atoms. The Morgan fingerprint density at radius 3 is 2.41 bits per heavy atom. The highest BCUT2D eigenvalue weighted by Gasteiger charge is 2.21. The average Bonchev–Trinajstić information content (AvgIpc) is 3.36. The number of nitrogens with zero attached hydrogens (tertiary/aromatic N) is 2. The van der Waals surface area contributed by atoms with Gasteiger partial charge in [0.25, 0.3) is 6.47 Å². The number of carbonyl (C=O) groups is 2. The Morgan fingerprint density at radius 2 is 1.78 bits per heavy atom. The standard InChI is InChI=1S/C27H34N4O2S.CH2O2/c1-27(2,3)33-26(32)28-16-13-20-9-11-22(12-10-20)29-23-14-17-31(18-15-23)25-30-24(19-34-25)21-7-5-4-6-8-21;2-1-3/h4-12,19,23,29H,13-18H2,1-3H3,(H,28,32);1H,(H,2,3). The van der Waals surface area contributed by atoms with E-state index in [4.69, 9.17) is 19.6 Å². The van der Waals surface area contributed by atoms with E-state index in [1.54, 1.807) is 11.3 Å². The van der Waals surface area contributed by atoms with Crippen LogP contribution in [0.3, 0.4) is 0 Å². The number of hydrogen-bond donors (Lipinski definition) is 3. The van der Waals surface area contributed by atoms with Gasteiger partial charge in [-0.25, -0.2) is 9.78 Å². The highest BCUT2D eigenvalue weighted by atomic mass is 32.1. The molecule has 2 aromatic carbocycles. The van der Waals surface area contributed by atoms with Crippen LogP contribution in [-0.2, 0) is 16.0 Å². The van der Waals surface area contributed by atoms with Gasteiger partial charge in [0.1, 0.15) is 5.60 Å². The van der Waals surface area contributed by atoms with E-state index < -0.39 is 5.60 Å². The molecule has 1 fully saturated rings. The SMILES string of the molecule is CC(C)(C)OC(=O)NCCc1ccc(NC2CCN(c3nc(-c4ccccc4)cs3)CC2)cc1.O=CO. The van der Waals surface area contributed by atoms with Gasteiger partial charge in [-0.15, -0.1) is 11.3 Å². The molecule has 2 heterocycles. The van der Waals surface area contributed by atoms with Gasteiger partial charge in [-0.2, -0.15) is 0 Å². The highest BCUT2D eigenvalue weighted by Crippen LogP contribution is 2.29. The number of rotatable bonds is 7. The van der Waals surface area contributed by atoms with Crippen molar-refractivity contribution in [1.82, 2.24) is 10.3 Å². The second-order valence-corrected chi connectivity index (χ2v) is 10.6. The summed E-state index contributed by atoms with van der Waals surface area (Å²) in [4.78, 5) is 27.4. The molecule has 0 saturated carbocycles. The van der Waals surface area contributed by atoms with Crippen molar-refractivity contribution in [3.05, 3.63) is 65.5 Å². The molecule has 4 rings (SSSR count). The summed E-state index contributed by atoms with van der Waals surface area (Å²) in [6.07, 6.45) is 2.58. The molecular weight excluding hydrogens is 488 g/mol. The molecule has 1 aliphatic heterocycles. The van der Waals surface area contributed by atoms with E-state index in [1.807, 2.05) is 26.8 Å². The highest BCUT2D eigenvalue weighted by molar-refractivity contribution is 7.14. The van der Waals surface area contributed by atoms with Crippen LogP contribution in [-0.4, -0.2) is 53.9 Å². The maximum Gasteiger partial charge on any atom is 0.407 e. The topological polar surface area (TPSA) is 104 Å². The molecule has 198 valence electrons. The fourth-order valence-corrected chi connectivity index (χ4v) is 4.88. The van der Waals surface area contributed by atoms with Gasteiger partial charge in [0.2, 0.25) is 0 Å². The summed E-state index contributed by atoms with van der Waals surface area (Å²) in [5.74, 6) is 0. The number of anilines is 2. The number of piperidine rings is 1. The van der Waals surface area contributed by atoms with Crippen molar-refractivity contribution >= 4 is 34.7 Å². The molecule has 9 heteroatoms. The number of aromatic nitrogens is 1. The van der Waals surface area contributed by atoms with Gasteiger partial charge >= 0.3 is 6.09 Å². The van der Waals surface area contributed by atoms with E-state index in [2.05, 4.69) is 69.4 Å². The number of hydrogen-bond acceptors (Lipinski definition) is 7. The summed E-state index contributed by atoms with van der Waals surface area (Å²) in [7, 11) is 0. The lowest BCUT2D eigenvalue weighted by atomic mass is 10.0. The second-order valence-electron chi connectivity index (χ2n) is 9.77. The fourth-order valence-electron chi connectivity index (χ4n) is 3.99. The number of alkyl carbamates (subject to hydrolysis) is 1. The van der Waals surface area contributed by atoms with Crippen LogP contribution < -0.4 is 15.5 Å². The Labute approximate surface area is 222 Å². The molecule has 3 aromatic rings. The van der Waals surface area contributed by atoms with E-state index in [0.717, 1.165) is 48.9 Å². The fraction of sp³-hybridized carbons (Fsp3) is 0.393. The lowest BCUT2D eigenvalue weighted by molar-refractivity contribution is -0.122. The van der Waals surface area contributed by atoms with Gasteiger partial charge in [0.15, 0.2) is 5.13 Å². The minimum Gasteiger partial charge on any atom is -0.483 e. The number of thiazole rings is 1. The van der Waals surface area contributed by atoms with E-state index in [9.17, 15) is 4.79 Å². The third kappa shape index (κ3) is 9.42. The van der Waals surface area contributed by atoms with E-state index in [1.165, 1.54) is 11.1 Å². The Hall–Kier alpha value is -3.59. The summed E-state index contributed by atoms with van der Waals surface area (Å²) in [5.41, 5.74) is 4.09. The first kappa shape index (κ1) is 28.0. The Morgan fingerprint density at radius 1 is 1.14 bits per heavy atom. The van der Waals surface area contributed by atoms with Crippen molar-refractivity contribution in [1.29, 1.82) is 0 Å². The average molecular weight is 525 g/mol. The van der Waals surface area contributed by atoms with Gasteiger partial charge in [-0.3, -0.25) is 4.79 Å². The summed E-state index contributed by atoms with van der Waals surface area (Å²) >= 11 is 1.73. The molecule has 37 heavy (non-hydrogen) atoms. The molecule has 0 unspecified atom stereocenters. The van der Waals surface area contributed by atoms with Crippen molar-refractivity contribution < 1.29 is 19.4 Å². The third-order valence-corrected chi connectivity index (χ3v) is 6.64. The van der Waals surface area contributed by atoms with Crippen molar-refractivity contribution in [2.75, 3.05) is 29.9 Å². The van der Waals surface area contributed by atoms with Crippen molar-refractivity contribution in [2.45, 2.75) is 51.7 Å². The largest absolute Gasteiger partial charge is 0.483 e. The van der Waals surface area contributed by atoms with Gasteiger partial charge in [-0.1, -0.05) is 42.5 Å². The molecule has 1 aliphatic rings. The molecule has 0 aliphatic carbocycles. The Kier molecular flexibility index (Phi) is 10.3. The van der Waals surface area contributed by atoms with Crippen LogP contribution in [0.1, 0.15) is 39.2 Å². The van der Waals surface area contributed by atoms with Gasteiger partial charge < -0.3 is 25.4 Å². The van der Waals surface area contributed by atoms with Crippen molar-refractivity contribution in [3.8, 4) is 11.3 Å². The van der Waals surface area contributed by atoms with Crippen LogP contribution >= 0.6 is 11.3 Å².